The second-order valence-corrected chi connectivity index (χ2v) is 11.2. The minimum atomic E-state index is -0.0490. The van der Waals surface area contributed by atoms with Crippen LogP contribution in [0.2, 0.25) is 0 Å². The highest BCUT2D eigenvalue weighted by Gasteiger charge is 2.28. The number of carbonyl (C=O) groups is 1. The lowest BCUT2D eigenvalue weighted by atomic mass is 10.0. The van der Waals surface area contributed by atoms with Crippen molar-refractivity contribution in [1.29, 1.82) is 0 Å². The van der Waals surface area contributed by atoms with E-state index in [2.05, 4.69) is 52.7 Å². The molecule has 7 heteroatoms. The van der Waals surface area contributed by atoms with Gasteiger partial charge in [0.25, 0.3) is 5.91 Å². The van der Waals surface area contributed by atoms with Crippen molar-refractivity contribution in [2.24, 2.45) is 0 Å². The molecule has 4 heterocycles. The number of hydrogen-bond donors (Lipinski definition) is 1. The number of rotatable bonds is 5. The first-order valence-corrected chi connectivity index (χ1v) is 13.4. The average Bonchev–Trinajstić information content (AvgIpc) is 3.57. The number of nitrogens with zero attached hydrogens (tertiary/aromatic N) is 2. The number of anilines is 1. The number of hydrogen-bond acceptors (Lipinski definition) is 6. The molecule has 2 aromatic carbocycles. The smallest absolute Gasteiger partial charge is 0.266 e. The van der Waals surface area contributed by atoms with Crippen LogP contribution >= 0.6 is 34.0 Å². The molecule has 1 aliphatic heterocycles. The quantitative estimate of drug-likeness (QED) is 0.293. The SMILES string of the molecule is O=C(Nc1sc2c(c1-c1nc3ccccc3s1)CCN(Cc1ccccc1)C2)c1cccs1. The van der Waals surface area contributed by atoms with E-state index in [1.807, 2.05) is 29.6 Å². The maximum atomic E-state index is 12.9. The molecule has 33 heavy (non-hydrogen) atoms. The van der Waals surface area contributed by atoms with Crippen molar-refractivity contribution in [3.8, 4) is 10.6 Å². The van der Waals surface area contributed by atoms with Crippen LogP contribution in [0.5, 0.6) is 0 Å². The molecule has 0 atom stereocenters. The van der Waals surface area contributed by atoms with Crippen LogP contribution in [0.15, 0.2) is 72.1 Å². The first-order chi connectivity index (χ1) is 16.2. The number of nitrogens with one attached hydrogen (secondary N) is 1. The molecule has 0 saturated heterocycles. The van der Waals surface area contributed by atoms with Gasteiger partial charge in [0.1, 0.15) is 10.0 Å². The lowest BCUT2D eigenvalue weighted by molar-refractivity contribution is 0.103. The summed E-state index contributed by atoms with van der Waals surface area (Å²) in [6, 6.07) is 22.6. The number of thiophene rings is 2. The Morgan fingerprint density at radius 3 is 2.67 bits per heavy atom. The predicted molar refractivity (Wildman–Crippen MR) is 139 cm³/mol. The van der Waals surface area contributed by atoms with Crippen LogP contribution in [-0.2, 0) is 19.5 Å². The molecule has 1 N–H and O–H groups in total. The van der Waals surface area contributed by atoms with E-state index in [4.69, 9.17) is 4.98 Å². The van der Waals surface area contributed by atoms with E-state index >= 15 is 0 Å². The fourth-order valence-corrected chi connectivity index (χ4v) is 7.31. The van der Waals surface area contributed by atoms with Crippen molar-refractivity contribution < 1.29 is 4.79 Å². The van der Waals surface area contributed by atoms with Gasteiger partial charge in [-0.2, -0.15) is 0 Å². The monoisotopic (exact) mass is 487 g/mol. The largest absolute Gasteiger partial charge is 0.312 e. The number of benzene rings is 2. The van der Waals surface area contributed by atoms with Crippen LogP contribution < -0.4 is 5.32 Å². The molecule has 3 aromatic heterocycles. The average molecular weight is 488 g/mol. The van der Waals surface area contributed by atoms with Gasteiger partial charge >= 0.3 is 0 Å². The summed E-state index contributed by atoms with van der Waals surface area (Å²) in [5.74, 6) is -0.0490. The van der Waals surface area contributed by atoms with Gasteiger partial charge < -0.3 is 5.32 Å². The number of thiazole rings is 1. The normalized spacial score (nSPS) is 13.8. The molecule has 0 spiro atoms. The Morgan fingerprint density at radius 2 is 1.85 bits per heavy atom. The highest BCUT2D eigenvalue weighted by molar-refractivity contribution is 7.23. The second kappa shape index (κ2) is 8.83. The molecule has 0 bridgehead atoms. The summed E-state index contributed by atoms with van der Waals surface area (Å²) in [6.07, 6.45) is 0.957. The second-order valence-electron chi connectivity index (χ2n) is 8.07. The summed E-state index contributed by atoms with van der Waals surface area (Å²) < 4.78 is 1.17. The first kappa shape index (κ1) is 20.7. The maximum Gasteiger partial charge on any atom is 0.266 e. The molecule has 0 unspecified atom stereocenters. The molecule has 0 fully saturated rings. The van der Waals surface area contributed by atoms with Crippen molar-refractivity contribution >= 4 is 55.1 Å². The third-order valence-corrected chi connectivity index (χ3v) is 8.92. The molecule has 0 saturated carbocycles. The predicted octanol–water partition coefficient (Wildman–Crippen LogP) is 6.90. The molecule has 1 amide bonds. The van der Waals surface area contributed by atoms with E-state index < -0.39 is 0 Å². The van der Waals surface area contributed by atoms with Crippen molar-refractivity contribution in [2.45, 2.75) is 19.5 Å². The molecule has 164 valence electrons. The van der Waals surface area contributed by atoms with Gasteiger partial charge in [0, 0.05) is 30.1 Å². The first-order valence-electron chi connectivity index (χ1n) is 10.9. The molecule has 6 rings (SSSR count). The van der Waals surface area contributed by atoms with Crippen LogP contribution in [0.25, 0.3) is 20.8 Å². The van der Waals surface area contributed by atoms with Gasteiger partial charge in [-0.3, -0.25) is 9.69 Å². The highest BCUT2D eigenvalue weighted by atomic mass is 32.1. The fraction of sp³-hybridized carbons (Fsp3) is 0.154. The minimum Gasteiger partial charge on any atom is -0.312 e. The summed E-state index contributed by atoms with van der Waals surface area (Å²) in [5.41, 5.74) is 4.79. The Balaban J connectivity index is 1.37. The number of fused-ring (bicyclic) bond motifs is 2. The zero-order valence-corrected chi connectivity index (χ0v) is 20.2. The lowest BCUT2D eigenvalue weighted by Crippen LogP contribution is -2.29. The number of carbonyl (C=O) groups excluding carboxylic acids is 1. The van der Waals surface area contributed by atoms with Gasteiger partial charge in [-0.05, 0) is 41.1 Å². The number of para-hydroxylation sites is 1. The lowest BCUT2D eigenvalue weighted by Gasteiger charge is -2.27. The van der Waals surface area contributed by atoms with E-state index in [-0.39, 0.29) is 5.91 Å². The van der Waals surface area contributed by atoms with Gasteiger partial charge in [-0.15, -0.1) is 34.0 Å². The summed E-state index contributed by atoms with van der Waals surface area (Å²) in [4.78, 5) is 22.4. The van der Waals surface area contributed by atoms with E-state index in [0.717, 1.165) is 52.0 Å². The summed E-state index contributed by atoms with van der Waals surface area (Å²) in [5, 5.41) is 7.06. The van der Waals surface area contributed by atoms with Gasteiger partial charge in [0.05, 0.1) is 15.1 Å². The van der Waals surface area contributed by atoms with Gasteiger partial charge in [0.15, 0.2) is 0 Å². The molecule has 1 aliphatic rings. The van der Waals surface area contributed by atoms with Crippen LogP contribution in [0.3, 0.4) is 0 Å². The van der Waals surface area contributed by atoms with Crippen LogP contribution in [0, 0.1) is 0 Å². The molecule has 0 radical (unpaired) electrons. The standard InChI is InChI=1S/C26H21N3OS3/c30-24(21-11-6-14-31-21)28-26-23(25-27-19-9-4-5-10-20(19)32-25)18-12-13-29(16-22(18)33-26)15-17-7-2-1-3-8-17/h1-11,14H,12-13,15-16H2,(H,28,30). The Bertz CT molecular complexity index is 1390. The zero-order valence-electron chi connectivity index (χ0n) is 17.8. The summed E-state index contributed by atoms with van der Waals surface area (Å²) in [6.45, 7) is 2.82. The fourth-order valence-electron chi connectivity index (χ4n) is 4.30. The Kier molecular flexibility index (Phi) is 5.55. The summed E-state index contributed by atoms with van der Waals surface area (Å²) in [7, 11) is 0. The van der Waals surface area contributed by atoms with Crippen molar-refractivity contribution in [3.05, 3.63) is 93.0 Å². The minimum absolute atomic E-state index is 0.0490. The molecular weight excluding hydrogens is 467 g/mol. The third-order valence-electron chi connectivity index (χ3n) is 5.86. The van der Waals surface area contributed by atoms with Crippen LogP contribution in [-0.4, -0.2) is 22.3 Å². The van der Waals surface area contributed by atoms with Crippen molar-refractivity contribution in [3.63, 3.8) is 0 Å². The Labute approximate surface area is 204 Å². The van der Waals surface area contributed by atoms with Gasteiger partial charge in [0.2, 0.25) is 0 Å². The number of amides is 1. The van der Waals surface area contributed by atoms with E-state index in [0.29, 0.717) is 0 Å². The summed E-state index contributed by atoms with van der Waals surface area (Å²) >= 11 is 4.87. The maximum absolute atomic E-state index is 12.9. The zero-order chi connectivity index (χ0) is 22.2. The van der Waals surface area contributed by atoms with Crippen LogP contribution in [0.4, 0.5) is 5.00 Å². The van der Waals surface area contributed by atoms with E-state index in [1.54, 1.807) is 22.7 Å². The topological polar surface area (TPSA) is 45.2 Å². The Hall–Kier alpha value is -2.84. The number of aromatic nitrogens is 1. The van der Waals surface area contributed by atoms with E-state index in [9.17, 15) is 4.79 Å². The molecule has 5 aromatic rings. The van der Waals surface area contributed by atoms with Gasteiger partial charge in [-0.25, -0.2) is 4.98 Å². The van der Waals surface area contributed by atoms with Gasteiger partial charge in [-0.1, -0.05) is 48.5 Å². The Morgan fingerprint density at radius 1 is 1.00 bits per heavy atom. The molecule has 0 aliphatic carbocycles. The van der Waals surface area contributed by atoms with E-state index in [1.165, 1.54) is 32.0 Å². The van der Waals surface area contributed by atoms with Crippen molar-refractivity contribution in [2.75, 3.05) is 11.9 Å². The van der Waals surface area contributed by atoms with Crippen molar-refractivity contribution in [1.82, 2.24) is 9.88 Å². The molecular formula is C26H21N3OS3. The third kappa shape index (κ3) is 4.13. The molecule has 4 nitrogen and oxygen atoms in total. The highest BCUT2D eigenvalue weighted by Crippen LogP contribution is 2.46. The van der Waals surface area contributed by atoms with Crippen LogP contribution in [0.1, 0.15) is 25.7 Å².